The first-order valence-corrected chi connectivity index (χ1v) is 7.47. The third-order valence-electron chi connectivity index (χ3n) is 3.56. The van der Waals surface area contributed by atoms with E-state index in [2.05, 4.69) is 5.32 Å². The number of aliphatic carboxylic acids is 1. The number of carboxylic acids is 1. The summed E-state index contributed by atoms with van der Waals surface area (Å²) in [5, 5.41) is 13.5. The van der Waals surface area contributed by atoms with Crippen LogP contribution in [0.15, 0.2) is 54.6 Å². The van der Waals surface area contributed by atoms with E-state index in [0.717, 1.165) is 17.7 Å². The molecule has 1 atom stereocenters. The molecule has 25 heavy (non-hydrogen) atoms. The van der Waals surface area contributed by atoms with Crippen LogP contribution in [-0.4, -0.2) is 11.9 Å². The van der Waals surface area contributed by atoms with Crippen LogP contribution in [0.3, 0.4) is 0 Å². The van der Waals surface area contributed by atoms with Crippen LogP contribution >= 0.6 is 0 Å². The fraction of sp³-hybridized carbons (Fsp3) is 0.222. The minimum Gasteiger partial charge on any atom is -0.550 e. The predicted molar refractivity (Wildman–Crippen MR) is 83.3 cm³/mol. The number of benzene rings is 2. The molecule has 0 radical (unpaired) electrons. The van der Waals surface area contributed by atoms with Crippen LogP contribution in [-0.2, 0) is 22.2 Å². The number of anilines is 1. The lowest BCUT2D eigenvalue weighted by Gasteiger charge is -2.18. The number of carbonyl (C=O) groups excluding carboxylic acids is 2. The zero-order chi connectivity index (χ0) is 18.4. The number of hydrogen-bond acceptors (Lipinski definition) is 3. The van der Waals surface area contributed by atoms with Crippen LogP contribution in [0.4, 0.5) is 18.9 Å². The molecule has 2 aromatic rings. The molecule has 0 aliphatic carbocycles. The van der Waals surface area contributed by atoms with Crippen molar-refractivity contribution in [3.63, 3.8) is 0 Å². The molecular formula is C18H15F3NO3-. The van der Waals surface area contributed by atoms with Gasteiger partial charge in [0, 0.05) is 24.0 Å². The van der Waals surface area contributed by atoms with E-state index >= 15 is 0 Å². The van der Waals surface area contributed by atoms with Crippen molar-refractivity contribution >= 4 is 17.6 Å². The number of rotatable bonds is 6. The van der Waals surface area contributed by atoms with Gasteiger partial charge in [-0.2, -0.15) is 13.2 Å². The molecule has 2 rings (SSSR count). The molecule has 2 aromatic carbocycles. The highest BCUT2D eigenvalue weighted by atomic mass is 19.4. The molecule has 4 nitrogen and oxygen atoms in total. The minimum atomic E-state index is -4.53. The van der Waals surface area contributed by atoms with Crippen molar-refractivity contribution < 1.29 is 27.9 Å². The monoisotopic (exact) mass is 350 g/mol. The van der Waals surface area contributed by atoms with Gasteiger partial charge in [-0.3, -0.25) is 4.79 Å². The van der Waals surface area contributed by atoms with Gasteiger partial charge in [0.25, 0.3) is 0 Å². The van der Waals surface area contributed by atoms with Gasteiger partial charge in [-0.05, 0) is 30.2 Å². The Bertz CT molecular complexity index is 745. The maximum absolute atomic E-state index is 12.7. The van der Waals surface area contributed by atoms with Gasteiger partial charge in [0.2, 0.25) is 5.91 Å². The first-order chi connectivity index (χ1) is 11.8. The summed E-state index contributed by atoms with van der Waals surface area (Å²) in [5.41, 5.74) is -0.216. The molecular weight excluding hydrogens is 335 g/mol. The summed E-state index contributed by atoms with van der Waals surface area (Å²) in [6.07, 6.45) is -4.83. The van der Waals surface area contributed by atoms with E-state index in [-0.39, 0.29) is 12.1 Å². The number of carboxylic acid groups (broad SMARTS) is 1. The molecule has 0 unspecified atom stereocenters. The largest absolute Gasteiger partial charge is 0.550 e. The molecule has 0 aliphatic rings. The topological polar surface area (TPSA) is 69.2 Å². The summed E-state index contributed by atoms with van der Waals surface area (Å²) >= 11 is 0. The smallest absolute Gasteiger partial charge is 0.416 e. The molecule has 0 spiro atoms. The van der Waals surface area contributed by atoms with Crippen LogP contribution in [0.5, 0.6) is 0 Å². The second-order valence-corrected chi connectivity index (χ2v) is 5.54. The summed E-state index contributed by atoms with van der Waals surface area (Å²) in [6.45, 7) is 0. The van der Waals surface area contributed by atoms with Crippen molar-refractivity contribution in [1.82, 2.24) is 0 Å². The quantitative estimate of drug-likeness (QED) is 0.871. The van der Waals surface area contributed by atoms with Gasteiger partial charge in [-0.15, -0.1) is 0 Å². The lowest BCUT2D eigenvalue weighted by Crippen LogP contribution is -2.35. The van der Waals surface area contributed by atoms with E-state index in [1.165, 1.54) is 12.1 Å². The second-order valence-electron chi connectivity index (χ2n) is 5.54. The second kappa shape index (κ2) is 7.83. The van der Waals surface area contributed by atoms with Gasteiger partial charge in [0.15, 0.2) is 0 Å². The van der Waals surface area contributed by atoms with E-state index in [1.54, 1.807) is 30.3 Å². The Labute approximate surface area is 142 Å². The highest BCUT2D eigenvalue weighted by molar-refractivity contribution is 5.93. The number of alkyl halides is 3. The lowest BCUT2D eigenvalue weighted by atomic mass is 9.96. The first-order valence-electron chi connectivity index (χ1n) is 7.47. The zero-order valence-corrected chi connectivity index (χ0v) is 13.0. The Morgan fingerprint density at radius 3 is 2.32 bits per heavy atom. The maximum Gasteiger partial charge on any atom is 0.416 e. The molecule has 132 valence electrons. The summed E-state index contributed by atoms with van der Waals surface area (Å²) < 4.78 is 38.0. The molecule has 0 saturated carbocycles. The van der Waals surface area contributed by atoms with Gasteiger partial charge >= 0.3 is 6.18 Å². The number of amides is 1. The third kappa shape index (κ3) is 5.63. The summed E-state index contributed by atoms with van der Waals surface area (Å²) in [6, 6.07) is 12.9. The van der Waals surface area contributed by atoms with Gasteiger partial charge in [-0.25, -0.2) is 0 Å². The Morgan fingerprint density at radius 2 is 1.72 bits per heavy atom. The SMILES string of the molecule is O=C(C[C@H](Cc1ccccc1)C(=O)[O-])Nc1cccc(C(F)(F)F)c1. The molecule has 7 heteroatoms. The first kappa shape index (κ1) is 18.5. The summed E-state index contributed by atoms with van der Waals surface area (Å²) in [4.78, 5) is 23.2. The predicted octanol–water partition coefficient (Wildman–Crippen LogP) is 2.64. The normalized spacial score (nSPS) is 12.4. The lowest BCUT2D eigenvalue weighted by molar-refractivity contribution is -0.311. The van der Waals surface area contributed by atoms with E-state index in [9.17, 15) is 27.9 Å². The molecule has 0 aromatic heterocycles. The van der Waals surface area contributed by atoms with Gasteiger partial charge in [0.1, 0.15) is 0 Å². The maximum atomic E-state index is 12.7. The van der Waals surface area contributed by atoms with Crippen molar-refractivity contribution in [1.29, 1.82) is 0 Å². The average molecular weight is 350 g/mol. The van der Waals surface area contributed by atoms with Gasteiger partial charge < -0.3 is 15.2 Å². The fourth-order valence-electron chi connectivity index (χ4n) is 2.35. The minimum absolute atomic E-state index is 0.0448. The van der Waals surface area contributed by atoms with Crippen LogP contribution in [0.2, 0.25) is 0 Å². The highest BCUT2D eigenvalue weighted by Crippen LogP contribution is 2.30. The number of hydrogen-bond donors (Lipinski definition) is 1. The van der Waals surface area contributed by atoms with Crippen LogP contribution in [0, 0.1) is 5.92 Å². The molecule has 0 aliphatic heterocycles. The van der Waals surface area contributed by atoms with Crippen molar-refractivity contribution in [2.45, 2.75) is 19.0 Å². The van der Waals surface area contributed by atoms with E-state index in [0.29, 0.717) is 0 Å². The van der Waals surface area contributed by atoms with Gasteiger partial charge in [-0.1, -0.05) is 36.4 Å². The number of halogens is 3. The summed E-state index contributed by atoms with van der Waals surface area (Å²) in [5.74, 6) is -3.15. The van der Waals surface area contributed by atoms with E-state index in [1.807, 2.05) is 0 Å². The Balaban J connectivity index is 2.03. The molecule has 0 heterocycles. The summed E-state index contributed by atoms with van der Waals surface area (Å²) in [7, 11) is 0. The van der Waals surface area contributed by atoms with Crippen LogP contribution in [0.25, 0.3) is 0 Å². The molecule has 1 N–H and O–H groups in total. The van der Waals surface area contributed by atoms with Crippen LogP contribution in [0.1, 0.15) is 17.5 Å². The number of nitrogens with one attached hydrogen (secondary N) is 1. The molecule has 1 amide bonds. The molecule has 0 fully saturated rings. The Hall–Kier alpha value is -2.83. The Morgan fingerprint density at radius 1 is 1.04 bits per heavy atom. The molecule has 0 bridgehead atoms. The van der Waals surface area contributed by atoms with Gasteiger partial charge in [0.05, 0.1) is 5.56 Å². The number of carbonyl (C=O) groups is 2. The van der Waals surface area contributed by atoms with Crippen molar-refractivity contribution in [2.75, 3.05) is 5.32 Å². The zero-order valence-electron chi connectivity index (χ0n) is 13.0. The van der Waals surface area contributed by atoms with Crippen molar-refractivity contribution in [3.05, 3.63) is 65.7 Å². The Kier molecular flexibility index (Phi) is 5.80. The van der Waals surface area contributed by atoms with Crippen molar-refractivity contribution in [3.8, 4) is 0 Å². The fourth-order valence-corrected chi connectivity index (χ4v) is 2.35. The highest BCUT2D eigenvalue weighted by Gasteiger charge is 2.30. The van der Waals surface area contributed by atoms with Crippen molar-refractivity contribution in [2.24, 2.45) is 5.92 Å². The van der Waals surface area contributed by atoms with E-state index < -0.39 is 36.0 Å². The van der Waals surface area contributed by atoms with Crippen LogP contribution < -0.4 is 10.4 Å². The van der Waals surface area contributed by atoms with E-state index in [4.69, 9.17) is 0 Å². The molecule has 0 saturated heterocycles. The average Bonchev–Trinajstić information content (AvgIpc) is 2.54. The third-order valence-corrected chi connectivity index (χ3v) is 3.56. The standard InChI is InChI=1S/C18H16F3NO3/c19-18(20,21)14-7-4-8-15(11-14)22-16(23)10-13(17(24)25)9-12-5-2-1-3-6-12/h1-8,11,13H,9-10H2,(H,22,23)(H,24,25)/p-1/t13-/m0/s1.